The second-order valence-corrected chi connectivity index (χ2v) is 22.7. The summed E-state index contributed by atoms with van der Waals surface area (Å²) in [6, 6.07) is 16.0. The molecule has 3 aromatic rings. The van der Waals surface area contributed by atoms with Gasteiger partial charge in [0.2, 0.25) is 0 Å². The summed E-state index contributed by atoms with van der Waals surface area (Å²) in [6.45, 7) is 7.57. The van der Waals surface area contributed by atoms with Crippen LogP contribution in [0.2, 0.25) is 13.3 Å². The maximum atomic E-state index is 11.1. The average molecular weight is 584 g/mol. The van der Waals surface area contributed by atoms with Crippen molar-refractivity contribution in [3.05, 3.63) is 76.9 Å². The third-order valence-corrected chi connectivity index (χ3v) is 22.6. The van der Waals surface area contributed by atoms with Gasteiger partial charge in [0.15, 0.2) is 0 Å². The molecule has 2 aromatic carbocycles. The zero-order chi connectivity index (χ0) is 25.1. The quantitative estimate of drug-likeness (QED) is 0.113. The fraction of sp³-hybridized carbons (Fsp3) is 0.481. The van der Waals surface area contributed by atoms with Gasteiger partial charge in [0, 0.05) is 0 Å². The first kappa shape index (κ1) is 27.2. The number of nitro groups is 1. The van der Waals surface area contributed by atoms with Gasteiger partial charge < -0.3 is 0 Å². The Kier molecular flexibility index (Phi) is 10.6. The standard InChI is InChI=1S/C15H12N5O2.3C4H9.Sn/c21-20(22)15-8-6-14(7-9-15)19(18-11-16-17-12-18)10-13-4-2-1-3-5-13;3*1-3-4-2;/h2-9,11-12H,10H2;3*1,3-4H2,2H3;. The first-order chi connectivity index (χ1) is 17.0. The zero-order valence-corrected chi connectivity index (χ0v) is 24.3. The molecule has 0 spiro atoms. The second kappa shape index (κ2) is 13.6. The third kappa shape index (κ3) is 7.29. The summed E-state index contributed by atoms with van der Waals surface area (Å²) < 4.78 is 7.87. The molecule has 0 saturated carbocycles. The van der Waals surface area contributed by atoms with Crippen molar-refractivity contribution in [2.75, 3.05) is 5.01 Å². The van der Waals surface area contributed by atoms with Gasteiger partial charge in [-0.05, 0) is 0 Å². The van der Waals surface area contributed by atoms with E-state index < -0.39 is 18.4 Å². The van der Waals surface area contributed by atoms with E-state index in [1.807, 2.05) is 9.69 Å². The Labute approximate surface area is 213 Å². The Hall–Kier alpha value is -2.42. The van der Waals surface area contributed by atoms with Crippen LogP contribution in [0.1, 0.15) is 64.9 Å². The predicted octanol–water partition coefficient (Wildman–Crippen LogP) is 6.71. The van der Waals surface area contributed by atoms with Crippen LogP contribution in [0.4, 0.5) is 11.4 Å². The Balaban J connectivity index is 1.87. The molecule has 7 nitrogen and oxygen atoms in total. The van der Waals surface area contributed by atoms with Crippen molar-refractivity contribution in [3.63, 3.8) is 0 Å². The van der Waals surface area contributed by atoms with Gasteiger partial charge in [-0.2, -0.15) is 0 Å². The van der Waals surface area contributed by atoms with Crippen molar-refractivity contribution in [2.24, 2.45) is 0 Å². The summed E-state index contributed by atoms with van der Waals surface area (Å²) in [7, 11) is 0. The van der Waals surface area contributed by atoms with Crippen LogP contribution in [0.5, 0.6) is 0 Å². The van der Waals surface area contributed by atoms with Gasteiger partial charge in [0.05, 0.1) is 0 Å². The van der Waals surface area contributed by atoms with E-state index in [1.165, 1.54) is 69.5 Å². The minimum absolute atomic E-state index is 0.0804. The molecule has 1 heterocycles. The number of nitro benzene ring substituents is 1. The third-order valence-electron chi connectivity index (χ3n) is 6.97. The van der Waals surface area contributed by atoms with E-state index in [0.29, 0.717) is 6.54 Å². The number of aromatic nitrogens is 3. The summed E-state index contributed by atoms with van der Waals surface area (Å²) in [5.41, 5.74) is 2.13. The number of non-ortho nitro benzene ring substituents is 1. The summed E-state index contributed by atoms with van der Waals surface area (Å²) in [5.74, 6) is 0. The number of hydrogen-bond acceptors (Lipinski definition) is 5. The Bertz CT molecular complexity index is 1000. The summed E-state index contributed by atoms with van der Waals surface area (Å²) in [5, 5.41) is 21.0. The molecule has 1 aromatic heterocycles. The van der Waals surface area contributed by atoms with E-state index in [-0.39, 0.29) is 10.6 Å². The number of rotatable bonds is 15. The Morgan fingerprint density at radius 1 is 0.829 bits per heavy atom. The fourth-order valence-corrected chi connectivity index (χ4v) is 20.8. The van der Waals surface area contributed by atoms with Crippen LogP contribution in [0.25, 0.3) is 0 Å². The predicted molar refractivity (Wildman–Crippen MR) is 146 cm³/mol. The van der Waals surface area contributed by atoms with Crippen molar-refractivity contribution < 1.29 is 4.92 Å². The normalized spacial score (nSPS) is 11.5. The van der Waals surface area contributed by atoms with Gasteiger partial charge in [-0.1, -0.05) is 0 Å². The molecular weight excluding hydrogens is 545 g/mol. The molecule has 0 unspecified atom stereocenters. The molecule has 0 saturated heterocycles. The number of unbranched alkanes of at least 4 members (excludes halogenated alkanes) is 3. The molecule has 0 N–H and O–H groups in total. The van der Waals surface area contributed by atoms with Gasteiger partial charge in [-0.15, -0.1) is 0 Å². The van der Waals surface area contributed by atoms with Crippen molar-refractivity contribution in [1.82, 2.24) is 14.9 Å². The van der Waals surface area contributed by atoms with E-state index in [0.717, 1.165) is 5.69 Å². The van der Waals surface area contributed by atoms with Crippen LogP contribution in [-0.2, 0) is 6.54 Å². The summed E-state index contributed by atoms with van der Waals surface area (Å²) in [4.78, 5) is 10.7. The Morgan fingerprint density at radius 2 is 1.34 bits per heavy atom. The van der Waals surface area contributed by atoms with Crippen LogP contribution >= 0.6 is 0 Å². The zero-order valence-electron chi connectivity index (χ0n) is 21.4. The molecular formula is C27H39N5O2Sn. The Morgan fingerprint density at radius 3 is 1.80 bits per heavy atom. The molecule has 188 valence electrons. The first-order valence-electron chi connectivity index (χ1n) is 13.0. The molecule has 0 radical (unpaired) electrons. The molecule has 0 aliphatic carbocycles. The van der Waals surface area contributed by atoms with Crippen LogP contribution in [-0.4, -0.2) is 38.2 Å². The molecule has 8 heteroatoms. The van der Waals surface area contributed by atoms with Crippen molar-refractivity contribution in [1.29, 1.82) is 0 Å². The van der Waals surface area contributed by atoms with Crippen LogP contribution < -0.4 is 8.59 Å². The van der Waals surface area contributed by atoms with Crippen LogP contribution in [0.3, 0.4) is 0 Å². The van der Waals surface area contributed by atoms with Gasteiger partial charge in [0.1, 0.15) is 0 Å². The van der Waals surface area contributed by atoms with E-state index in [2.05, 4.69) is 55.2 Å². The van der Waals surface area contributed by atoms with E-state index in [4.69, 9.17) is 0 Å². The number of anilines is 1. The van der Waals surface area contributed by atoms with E-state index in [9.17, 15) is 10.1 Å². The maximum absolute atomic E-state index is 11.1. The number of hydrogen-bond donors (Lipinski definition) is 0. The van der Waals surface area contributed by atoms with Crippen molar-refractivity contribution in [2.45, 2.75) is 79.2 Å². The molecule has 0 aliphatic rings. The van der Waals surface area contributed by atoms with E-state index >= 15 is 0 Å². The molecule has 35 heavy (non-hydrogen) atoms. The average Bonchev–Trinajstić information content (AvgIpc) is 3.42. The van der Waals surface area contributed by atoms with Crippen LogP contribution in [0, 0.1) is 10.1 Å². The second-order valence-electron chi connectivity index (χ2n) is 9.46. The summed E-state index contributed by atoms with van der Waals surface area (Å²) in [6.07, 6.45) is 11.2. The SMILES string of the molecule is CCC[CH2][Sn]([CH2]CCC)([CH2]CCC)[c]1ccc(CN(c2ccc([N+](=O)[O-])cc2)n2cnnc2)cc1. The van der Waals surface area contributed by atoms with Crippen molar-refractivity contribution >= 4 is 33.3 Å². The minimum atomic E-state index is -2.45. The molecule has 0 atom stereocenters. The molecule has 0 bridgehead atoms. The topological polar surface area (TPSA) is 77.1 Å². The van der Waals surface area contributed by atoms with E-state index in [1.54, 1.807) is 28.4 Å². The number of benzene rings is 2. The van der Waals surface area contributed by atoms with Gasteiger partial charge in [0.25, 0.3) is 0 Å². The molecule has 3 rings (SSSR count). The number of nitrogens with zero attached hydrogens (tertiary/aromatic N) is 5. The fourth-order valence-electron chi connectivity index (χ4n) is 4.86. The van der Waals surface area contributed by atoms with Gasteiger partial charge in [-0.25, -0.2) is 0 Å². The van der Waals surface area contributed by atoms with Gasteiger partial charge >= 0.3 is 214 Å². The first-order valence-corrected chi connectivity index (χ1v) is 20.5. The van der Waals surface area contributed by atoms with Crippen LogP contribution in [0.15, 0.2) is 61.2 Å². The molecule has 0 amide bonds. The monoisotopic (exact) mass is 585 g/mol. The van der Waals surface area contributed by atoms with Crippen molar-refractivity contribution in [3.8, 4) is 0 Å². The summed E-state index contributed by atoms with van der Waals surface area (Å²) >= 11 is -2.45. The molecule has 0 fully saturated rings. The van der Waals surface area contributed by atoms with Gasteiger partial charge in [-0.3, -0.25) is 0 Å². The molecule has 0 aliphatic heterocycles.